The Hall–Kier alpha value is -1.26. The Labute approximate surface area is 139 Å². The summed E-state index contributed by atoms with van der Waals surface area (Å²) in [5.74, 6) is 0.766. The SMILES string of the molecule is CC(C)(C)c1ccc(OCC(=O)N2CCCC2CN)cc1.Cl. The van der Waals surface area contributed by atoms with Gasteiger partial charge in [0.2, 0.25) is 0 Å². The fourth-order valence-corrected chi connectivity index (χ4v) is 2.69. The van der Waals surface area contributed by atoms with Crippen LogP contribution in [0.5, 0.6) is 5.75 Å². The molecule has 22 heavy (non-hydrogen) atoms. The third-order valence-electron chi connectivity index (χ3n) is 4.05. The molecule has 0 spiro atoms. The van der Waals surface area contributed by atoms with Gasteiger partial charge in [-0.25, -0.2) is 0 Å². The molecule has 2 rings (SSSR count). The average Bonchev–Trinajstić information content (AvgIpc) is 2.92. The number of likely N-dealkylation sites (tertiary alicyclic amines) is 1. The van der Waals surface area contributed by atoms with E-state index < -0.39 is 0 Å². The van der Waals surface area contributed by atoms with E-state index in [1.54, 1.807) is 0 Å². The van der Waals surface area contributed by atoms with Crippen LogP contribution in [-0.2, 0) is 10.2 Å². The van der Waals surface area contributed by atoms with Crippen molar-refractivity contribution in [2.75, 3.05) is 19.7 Å². The Kier molecular flexibility index (Phi) is 6.69. The maximum absolute atomic E-state index is 12.2. The van der Waals surface area contributed by atoms with E-state index in [1.807, 2.05) is 17.0 Å². The maximum Gasteiger partial charge on any atom is 0.260 e. The van der Waals surface area contributed by atoms with Crippen LogP contribution < -0.4 is 10.5 Å². The number of carbonyl (C=O) groups excluding carboxylic acids is 1. The summed E-state index contributed by atoms with van der Waals surface area (Å²) < 4.78 is 5.61. The largest absolute Gasteiger partial charge is 0.484 e. The van der Waals surface area contributed by atoms with Crippen molar-refractivity contribution in [2.24, 2.45) is 5.73 Å². The van der Waals surface area contributed by atoms with E-state index in [4.69, 9.17) is 10.5 Å². The fourth-order valence-electron chi connectivity index (χ4n) is 2.69. The second-order valence-corrected chi connectivity index (χ2v) is 6.68. The molecule has 0 saturated carbocycles. The van der Waals surface area contributed by atoms with E-state index in [0.717, 1.165) is 25.1 Å². The van der Waals surface area contributed by atoms with E-state index in [9.17, 15) is 4.79 Å². The summed E-state index contributed by atoms with van der Waals surface area (Å²) in [5.41, 5.74) is 7.07. The third kappa shape index (κ3) is 4.62. The van der Waals surface area contributed by atoms with Gasteiger partial charge < -0.3 is 15.4 Å². The van der Waals surface area contributed by atoms with E-state index in [2.05, 4.69) is 32.9 Å². The summed E-state index contributed by atoms with van der Waals surface area (Å²) >= 11 is 0. The second-order valence-electron chi connectivity index (χ2n) is 6.68. The van der Waals surface area contributed by atoms with E-state index >= 15 is 0 Å². The van der Waals surface area contributed by atoms with Gasteiger partial charge in [-0.05, 0) is 36.0 Å². The van der Waals surface area contributed by atoms with E-state index in [-0.39, 0.29) is 36.4 Å². The highest BCUT2D eigenvalue weighted by molar-refractivity contribution is 5.85. The van der Waals surface area contributed by atoms with Gasteiger partial charge in [-0.15, -0.1) is 12.4 Å². The minimum atomic E-state index is 0. The monoisotopic (exact) mass is 326 g/mol. The molecule has 1 unspecified atom stereocenters. The predicted octanol–water partition coefficient (Wildman–Crippen LogP) is 2.73. The summed E-state index contributed by atoms with van der Waals surface area (Å²) in [7, 11) is 0. The van der Waals surface area contributed by atoms with Crippen molar-refractivity contribution < 1.29 is 9.53 Å². The predicted molar refractivity (Wildman–Crippen MR) is 91.7 cm³/mol. The highest BCUT2D eigenvalue weighted by atomic mass is 35.5. The first-order chi connectivity index (χ1) is 9.91. The molecule has 1 aliphatic rings. The Balaban J connectivity index is 0.00000242. The summed E-state index contributed by atoms with van der Waals surface area (Å²) in [6, 6.07) is 8.15. The van der Waals surface area contributed by atoms with Crippen LogP contribution in [0.15, 0.2) is 24.3 Å². The third-order valence-corrected chi connectivity index (χ3v) is 4.05. The van der Waals surface area contributed by atoms with Crippen molar-refractivity contribution in [2.45, 2.75) is 45.1 Å². The molecule has 0 aromatic heterocycles. The normalized spacial score (nSPS) is 18.0. The number of amides is 1. The summed E-state index contributed by atoms with van der Waals surface area (Å²) in [6.07, 6.45) is 2.04. The molecule has 1 aromatic rings. The number of carbonyl (C=O) groups is 1. The number of hydrogen-bond acceptors (Lipinski definition) is 3. The summed E-state index contributed by atoms with van der Waals surface area (Å²) in [4.78, 5) is 14.0. The Morgan fingerprint density at radius 2 is 1.95 bits per heavy atom. The zero-order chi connectivity index (χ0) is 15.5. The highest BCUT2D eigenvalue weighted by Crippen LogP contribution is 2.24. The van der Waals surface area contributed by atoms with Crippen LogP contribution in [0.25, 0.3) is 0 Å². The molecule has 0 aliphatic carbocycles. The van der Waals surface area contributed by atoms with Crippen LogP contribution in [0, 0.1) is 0 Å². The zero-order valence-electron chi connectivity index (χ0n) is 13.7. The van der Waals surface area contributed by atoms with Crippen molar-refractivity contribution in [3.63, 3.8) is 0 Å². The van der Waals surface area contributed by atoms with Crippen LogP contribution in [-0.4, -0.2) is 36.5 Å². The molecule has 1 heterocycles. The highest BCUT2D eigenvalue weighted by Gasteiger charge is 2.27. The fraction of sp³-hybridized carbons (Fsp3) is 0.588. The minimum absolute atomic E-state index is 0. The molecule has 1 fully saturated rings. The lowest BCUT2D eigenvalue weighted by molar-refractivity contribution is -0.134. The quantitative estimate of drug-likeness (QED) is 0.925. The van der Waals surface area contributed by atoms with Crippen molar-refractivity contribution in [3.8, 4) is 5.75 Å². The summed E-state index contributed by atoms with van der Waals surface area (Å²) in [6.45, 7) is 7.94. The molecule has 0 bridgehead atoms. The first-order valence-corrected chi connectivity index (χ1v) is 7.64. The van der Waals surface area contributed by atoms with E-state index in [1.165, 1.54) is 5.56 Å². The number of ether oxygens (including phenoxy) is 1. The average molecular weight is 327 g/mol. The smallest absolute Gasteiger partial charge is 0.260 e. The molecule has 5 heteroatoms. The number of nitrogens with zero attached hydrogens (tertiary/aromatic N) is 1. The van der Waals surface area contributed by atoms with Crippen molar-refractivity contribution in [1.29, 1.82) is 0 Å². The lowest BCUT2D eigenvalue weighted by Gasteiger charge is -2.23. The van der Waals surface area contributed by atoms with E-state index in [0.29, 0.717) is 6.54 Å². The van der Waals surface area contributed by atoms with Crippen LogP contribution in [0.3, 0.4) is 0 Å². The Morgan fingerprint density at radius 3 is 2.50 bits per heavy atom. The van der Waals surface area contributed by atoms with Crippen molar-refractivity contribution in [3.05, 3.63) is 29.8 Å². The number of benzene rings is 1. The standard InChI is InChI=1S/C17H26N2O2.ClH/c1-17(2,3)13-6-8-15(9-7-13)21-12-16(20)19-10-4-5-14(19)11-18;/h6-9,14H,4-5,10-12,18H2,1-3H3;1H. The van der Waals surface area contributed by atoms with Crippen LogP contribution in [0.4, 0.5) is 0 Å². The Bertz CT molecular complexity index is 482. The van der Waals surface area contributed by atoms with Crippen molar-refractivity contribution >= 4 is 18.3 Å². The van der Waals surface area contributed by atoms with Crippen molar-refractivity contribution in [1.82, 2.24) is 4.90 Å². The topological polar surface area (TPSA) is 55.6 Å². The molecule has 1 atom stereocenters. The molecule has 124 valence electrons. The number of nitrogens with two attached hydrogens (primary N) is 1. The van der Waals surface area contributed by atoms with Crippen LogP contribution >= 0.6 is 12.4 Å². The first kappa shape index (κ1) is 18.8. The van der Waals surface area contributed by atoms with Crippen LogP contribution in [0.1, 0.15) is 39.2 Å². The van der Waals surface area contributed by atoms with Gasteiger partial charge in [0.15, 0.2) is 6.61 Å². The van der Waals surface area contributed by atoms with Gasteiger partial charge in [0.05, 0.1) is 0 Å². The number of hydrogen-bond donors (Lipinski definition) is 1. The zero-order valence-corrected chi connectivity index (χ0v) is 14.5. The number of halogens is 1. The molecule has 4 nitrogen and oxygen atoms in total. The van der Waals surface area contributed by atoms with Gasteiger partial charge >= 0.3 is 0 Å². The molecular formula is C17H27ClN2O2. The first-order valence-electron chi connectivity index (χ1n) is 7.64. The van der Waals surface area contributed by atoms with Gasteiger partial charge in [-0.2, -0.15) is 0 Å². The van der Waals surface area contributed by atoms with Gasteiger partial charge in [-0.1, -0.05) is 32.9 Å². The molecular weight excluding hydrogens is 300 g/mol. The molecule has 1 aromatic carbocycles. The Morgan fingerprint density at radius 1 is 1.32 bits per heavy atom. The summed E-state index contributed by atoms with van der Waals surface area (Å²) in [5, 5.41) is 0. The van der Waals surface area contributed by atoms with Crippen LogP contribution in [0.2, 0.25) is 0 Å². The van der Waals surface area contributed by atoms with Gasteiger partial charge in [0.25, 0.3) is 5.91 Å². The molecule has 1 amide bonds. The molecule has 0 radical (unpaired) electrons. The molecule has 1 saturated heterocycles. The lowest BCUT2D eigenvalue weighted by atomic mass is 9.87. The number of rotatable bonds is 4. The minimum Gasteiger partial charge on any atom is -0.484 e. The second kappa shape index (κ2) is 7.84. The van der Waals surface area contributed by atoms with Gasteiger partial charge in [-0.3, -0.25) is 4.79 Å². The van der Waals surface area contributed by atoms with Gasteiger partial charge in [0.1, 0.15) is 5.75 Å². The molecule has 2 N–H and O–H groups in total. The maximum atomic E-state index is 12.2. The lowest BCUT2D eigenvalue weighted by Crippen LogP contribution is -2.42. The van der Waals surface area contributed by atoms with Gasteiger partial charge in [0, 0.05) is 19.1 Å². The molecule has 1 aliphatic heterocycles.